The molecule has 4 rings (SSSR count). The van der Waals surface area contributed by atoms with Gasteiger partial charge in [-0.15, -0.1) is 11.3 Å². The molecule has 6 nitrogen and oxygen atoms in total. The van der Waals surface area contributed by atoms with E-state index < -0.39 is 0 Å². The molecule has 0 spiro atoms. The Bertz CT molecular complexity index is 1240. The van der Waals surface area contributed by atoms with Gasteiger partial charge in [0.05, 0.1) is 16.6 Å². The van der Waals surface area contributed by atoms with Crippen molar-refractivity contribution in [1.29, 1.82) is 0 Å². The summed E-state index contributed by atoms with van der Waals surface area (Å²) in [6.45, 7) is 1.43. The first-order chi connectivity index (χ1) is 15.6. The number of ether oxygens (including phenoxy) is 2. The monoisotopic (exact) mass is 471 g/mol. The number of hydrogen-bond acceptors (Lipinski definition) is 7. The quantitative estimate of drug-likeness (QED) is 0.186. The van der Waals surface area contributed by atoms with Gasteiger partial charge in [0.2, 0.25) is 0 Å². The van der Waals surface area contributed by atoms with Crippen molar-refractivity contribution in [2.75, 3.05) is 13.7 Å². The molecule has 0 bridgehead atoms. The summed E-state index contributed by atoms with van der Waals surface area (Å²) in [5, 5.41) is 4.09. The fraction of sp³-hybridized carbons (Fsp3) is 0.261. The SMILES string of the molecule is COCCCn1c(SCc2csc(COc3ccc(F)cc3)n2)nc2ccccc2c1=O. The number of fused-ring (bicyclic) bond motifs is 1. The molecule has 0 unspecified atom stereocenters. The van der Waals surface area contributed by atoms with Gasteiger partial charge in [0, 0.05) is 31.4 Å². The first kappa shape index (κ1) is 22.4. The van der Waals surface area contributed by atoms with E-state index in [9.17, 15) is 9.18 Å². The second-order valence-corrected chi connectivity index (χ2v) is 8.86. The first-order valence-electron chi connectivity index (χ1n) is 10.1. The molecule has 166 valence electrons. The summed E-state index contributed by atoms with van der Waals surface area (Å²) in [4.78, 5) is 22.4. The molecule has 2 heterocycles. The van der Waals surface area contributed by atoms with Crippen molar-refractivity contribution in [2.45, 2.75) is 30.5 Å². The zero-order chi connectivity index (χ0) is 22.3. The molecule has 0 saturated heterocycles. The molecule has 4 aromatic rings. The zero-order valence-corrected chi connectivity index (χ0v) is 19.1. The van der Waals surface area contributed by atoms with E-state index in [4.69, 9.17) is 14.5 Å². The second kappa shape index (κ2) is 10.7. The molecule has 9 heteroatoms. The lowest BCUT2D eigenvalue weighted by atomic mass is 10.2. The Morgan fingerprint density at radius 2 is 1.94 bits per heavy atom. The van der Waals surface area contributed by atoms with Crippen LogP contribution in [0.5, 0.6) is 5.75 Å². The third-order valence-corrected chi connectivity index (χ3v) is 6.56. The van der Waals surface area contributed by atoms with Crippen LogP contribution in [-0.4, -0.2) is 28.3 Å². The molecule has 0 radical (unpaired) electrons. The number of benzene rings is 2. The summed E-state index contributed by atoms with van der Waals surface area (Å²) in [5.74, 6) is 0.883. The van der Waals surface area contributed by atoms with Gasteiger partial charge in [0.25, 0.3) is 5.56 Å². The number of rotatable bonds is 10. The van der Waals surface area contributed by atoms with Crippen LogP contribution in [0.15, 0.2) is 63.9 Å². The molecular weight excluding hydrogens is 449 g/mol. The summed E-state index contributed by atoms with van der Waals surface area (Å²) in [6.07, 6.45) is 0.728. The van der Waals surface area contributed by atoms with Crippen molar-refractivity contribution < 1.29 is 13.9 Å². The summed E-state index contributed by atoms with van der Waals surface area (Å²) in [6, 6.07) is 13.3. The molecule has 0 fully saturated rings. The number of hydrogen-bond donors (Lipinski definition) is 0. The highest BCUT2D eigenvalue weighted by Crippen LogP contribution is 2.24. The number of thiazole rings is 1. The lowest BCUT2D eigenvalue weighted by Crippen LogP contribution is -2.24. The predicted molar refractivity (Wildman–Crippen MR) is 125 cm³/mol. The Morgan fingerprint density at radius 1 is 1.12 bits per heavy atom. The molecule has 0 aliphatic rings. The van der Waals surface area contributed by atoms with Gasteiger partial charge in [-0.05, 0) is 42.8 Å². The molecule has 2 aromatic carbocycles. The molecular formula is C23H22FN3O3S2. The molecule has 0 aliphatic carbocycles. The minimum atomic E-state index is -0.297. The molecule has 0 amide bonds. The van der Waals surface area contributed by atoms with Crippen LogP contribution in [0, 0.1) is 5.82 Å². The van der Waals surface area contributed by atoms with Crippen LogP contribution in [0.25, 0.3) is 10.9 Å². The maximum atomic E-state index is 13.0. The number of para-hydroxylation sites is 1. The second-order valence-electron chi connectivity index (χ2n) is 6.98. The van der Waals surface area contributed by atoms with E-state index >= 15 is 0 Å². The predicted octanol–water partition coefficient (Wildman–Crippen LogP) is 4.90. The summed E-state index contributed by atoms with van der Waals surface area (Å²) >= 11 is 2.99. The van der Waals surface area contributed by atoms with Crippen LogP contribution in [-0.2, 0) is 23.6 Å². The van der Waals surface area contributed by atoms with Crippen molar-refractivity contribution in [3.63, 3.8) is 0 Å². The molecule has 0 aliphatic heterocycles. The highest BCUT2D eigenvalue weighted by Gasteiger charge is 2.13. The lowest BCUT2D eigenvalue weighted by Gasteiger charge is -2.12. The minimum absolute atomic E-state index is 0.0409. The number of aromatic nitrogens is 3. The maximum absolute atomic E-state index is 13.0. The minimum Gasteiger partial charge on any atom is -0.486 e. The molecule has 32 heavy (non-hydrogen) atoms. The van der Waals surface area contributed by atoms with Crippen LogP contribution in [0.2, 0.25) is 0 Å². The Hall–Kier alpha value is -2.75. The number of halogens is 1. The normalized spacial score (nSPS) is 11.2. The fourth-order valence-electron chi connectivity index (χ4n) is 3.12. The van der Waals surface area contributed by atoms with Gasteiger partial charge < -0.3 is 9.47 Å². The average molecular weight is 472 g/mol. The first-order valence-corrected chi connectivity index (χ1v) is 11.9. The Kier molecular flexibility index (Phi) is 7.51. The standard InChI is InChI=1S/C23H22FN3O3S2/c1-29-12-4-11-27-22(28)19-5-2-3-6-20(19)26-23(27)32-15-17-14-31-21(25-17)13-30-18-9-7-16(24)8-10-18/h2-3,5-10,14H,4,11-13,15H2,1H3. The number of thioether (sulfide) groups is 1. The van der Waals surface area contributed by atoms with Crippen molar-refractivity contribution in [3.05, 3.63) is 80.8 Å². The van der Waals surface area contributed by atoms with Gasteiger partial charge in [-0.3, -0.25) is 9.36 Å². The molecule has 2 aromatic heterocycles. The van der Waals surface area contributed by atoms with Crippen molar-refractivity contribution in [1.82, 2.24) is 14.5 Å². The molecule has 0 atom stereocenters. The smallest absolute Gasteiger partial charge is 0.262 e. The summed E-state index contributed by atoms with van der Waals surface area (Å²) in [7, 11) is 1.65. The van der Waals surface area contributed by atoms with E-state index in [-0.39, 0.29) is 11.4 Å². The Balaban J connectivity index is 1.45. The van der Waals surface area contributed by atoms with Gasteiger partial charge >= 0.3 is 0 Å². The van der Waals surface area contributed by atoms with Crippen molar-refractivity contribution in [3.8, 4) is 5.75 Å². The van der Waals surface area contributed by atoms with Crippen LogP contribution in [0.4, 0.5) is 4.39 Å². The van der Waals surface area contributed by atoms with Crippen LogP contribution in [0.1, 0.15) is 17.1 Å². The Labute approximate surface area is 193 Å². The van der Waals surface area contributed by atoms with Crippen LogP contribution in [0.3, 0.4) is 0 Å². The third kappa shape index (κ3) is 5.53. The van der Waals surface area contributed by atoms with Gasteiger partial charge in [-0.1, -0.05) is 23.9 Å². The fourth-order valence-corrected chi connectivity index (χ4v) is 4.85. The van der Waals surface area contributed by atoms with E-state index in [0.29, 0.717) is 47.3 Å². The topological polar surface area (TPSA) is 66.2 Å². The highest BCUT2D eigenvalue weighted by atomic mass is 32.2. The summed E-state index contributed by atoms with van der Waals surface area (Å²) in [5.41, 5.74) is 1.54. The van der Waals surface area contributed by atoms with E-state index in [1.807, 2.05) is 23.6 Å². The lowest BCUT2D eigenvalue weighted by molar-refractivity contribution is 0.189. The van der Waals surface area contributed by atoms with Crippen molar-refractivity contribution >= 4 is 34.0 Å². The largest absolute Gasteiger partial charge is 0.486 e. The molecule has 0 saturated carbocycles. The average Bonchev–Trinajstić information content (AvgIpc) is 3.27. The third-order valence-electron chi connectivity index (χ3n) is 4.68. The maximum Gasteiger partial charge on any atom is 0.262 e. The van der Waals surface area contributed by atoms with Gasteiger partial charge in [-0.25, -0.2) is 14.4 Å². The van der Waals surface area contributed by atoms with Crippen LogP contribution < -0.4 is 10.3 Å². The van der Waals surface area contributed by atoms with Gasteiger partial charge in [0.1, 0.15) is 23.2 Å². The van der Waals surface area contributed by atoms with E-state index in [0.717, 1.165) is 17.1 Å². The summed E-state index contributed by atoms with van der Waals surface area (Å²) < 4.78 is 25.5. The number of methoxy groups -OCH3 is 1. The van der Waals surface area contributed by atoms with E-state index in [1.165, 1.54) is 35.2 Å². The van der Waals surface area contributed by atoms with E-state index in [1.54, 1.807) is 29.9 Å². The van der Waals surface area contributed by atoms with Gasteiger partial charge in [-0.2, -0.15) is 0 Å². The van der Waals surface area contributed by atoms with Crippen LogP contribution >= 0.6 is 23.1 Å². The number of nitrogens with zero attached hydrogens (tertiary/aromatic N) is 3. The van der Waals surface area contributed by atoms with Gasteiger partial charge in [0.15, 0.2) is 5.16 Å². The molecule has 0 N–H and O–H groups in total. The van der Waals surface area contributed by atoms with Crippen molar-refractivity contribution in [2.24, 2.45) is 0 Å². The van der Waals surface area contributed by atoms with E-state index in [2.05, 4.69) is 4.98 Å². The Morgan fingerprint density at radius 3 is 2.75 bits per heavy atom. The highest BCUT2D eigenvalue weighted by molar-refractivity contribution is 7.98. The zero-order valence-electron chi connectivity index (χ0n) is 17.5.